The van der Waals surface area contributed by atoms with Gasteiger partial charge in [0, 0.05) is 5.57 Å². The molecule has 0 aromatic heterocycles. The van der Waals surface area contributed by atoms with Gasteiger partial charge in [0.05, 0.1) is 5.56 Å². The Balaban J connectivity index is 1.64. The highest BCUT2D eigenvalue weighted by molar-refractivity contribution is 6.31. The average molecular weight is 701 g/mol. The summed E-state index contributed by atoms with van der Waals surface area (Å²) < 4.78 is 81.7. The van der Waals surface area contributed by atoms with Gasteiger partial charge in [-0.3, -0.25) is 0 Å². The molecule has 260 valence electrons. The number of hydrogen-bond donors (Lipinski definition) is 0. The van der Waals surface area contributed by atoms with Crippen LogP contribution >= 0.6 is 0 Å². The molecule has 0 aliphatic heterocycles. The fourth-order valence-electron chi connectivity index (χ4n) is 7.02. The van der Waals surface area contributed by atoms with Gasteiger partial charge in [-0.1, -0.05) is 114 Å². The minimum Gasteiger partial charge on any atom is -0.166 e. The van der Waals surface area contributed by atoms with Gasteiger partial charge in [0.25, 0.3) is 0 Å². The largest absolute Gasteiger partial charge is 0.416 e. The van der Waals surface area contributed by atoms with Crippen LogP contribution < -0.4 is 0 Å². The van der Waals surface area contributed by atoms with Crippen molar-refractivity contribution in [1.82, 2.24) is 0 Å². The summed E-state index contributed by atoms with van der Waals surface area (Å²) in [7, 11) is 0. The summed E-state index contributed by atoms with van der Waals surface area (Å²) in [6.45, 7) is 8.99. The zero-order valence-electron chi connectivity index (χ0n) is 28.8. The van der Waals surface area contributed by atoms with Crippen LogP contribution in [0.3, 0.4) is 0 Å². The van der Waals surface area contributed by atoms with Crippen LogP contribution in [0.2, 0.25) is 0 Å². The fraction of sp³-hybridized carbons (Fsp3) is 0.130. The number of hydrogen-bond acceptors (Lipinski definition) is 0. The highest BCUT2D eigenvalue weighted by Gasteiger charge is 2.31. The van der Waals surface area contributed by atoms with Gasteiger partial charge in [0.15, 0.2) is 0 Å². The molecule has 0 aliphatic carbocycles. The highest BCUT2D eigenvalue weighted by atomic mass is 19.4. The summed E-state index contributed by atoms with van der Waals surface area (Å²) in [4.78, 5) is 0. The maximum absolute atomic E-state index is 13.6. The van der Waals surface area contributed by atoms with Gasteiger partial charge >= 0.3 is 12.4 Å². The number of benzene rings is 7. The van der Waals surface area contributed by atoms with E-state index in [2.05, 4.69) is 73.3 Å². The summed E-state index contributed by atoms with van der Waals surface area (Å²) in [6.07, 6.45) is -4.55. The lowest BCUT2D eigenvalue weighted by molar-refractivity contribution is -0.137. The quantitative estimate of drug-likeness (QED) is 0.0672. The number of alkyl halides is 6. The van der Waals surface area contributed by atoms with Gasteiger partial charge in [-0.05, 0) is 128 Å². The summed E-state index contributed by atoms with van der Waals surface area (Å²) >= 11 is 0. The summed E-state index contributed by atoms with van der Waals surface area (Å²) in [5.41, 5.74) is 7.35. The van der Waals surface area contributed by atoms with Gasteiger partial charge in [-0.2, -0.15) is 26.3 Å². The van der Waals surface area contributed by atoms with Crippen LogP contribution in [0.4, 0.5) is 26.3 Å². The molecule has 52 heavy (non-hydrogen) atoms. The monoisotopic (exact) mass is 700 g/mol. The van der Waals surface area contributed by atoms with E-state index in [9.17, 15) is 26.3 Å². The SMILES string of the molecule is C=CC/C(=C\C=C(/C)C(F)(F)F)c1cc(-c2ccc(C(F)(F)F)cc2)c2ccc3c(-c4ccc(C)cc4)cc(-c4ccc(C)cc4)c4ccc1c2c43. The molecule has 0 saturated heterocycles. The molecule has 0 saturated carbocycles. The van der Waals surface area contributed by atoms with Crippen LogP contribution in [0.5, 0.6) is 0 Å². The lowest BCUT2D eigenvalue weighted by atomic mass is 9.81. The smallest absolute Gasteiger partial charge is 0.166 e. The zero-order valence-corrected chi connectivity index (χ0v) is 28.8. The molecule has 0 atom stereocenters. The van der Waals surface area contributed by atoms with Gasteiger partial charge in [0.1, 0.15) is 0 Å². The maximum atomic E-state index is 13.6. The first-order valence-corrected chi connectivity index (χ1v) is 16.9. The summed E-state index contributed by atoms with van der Waals surface area (Å²) in [5, 5.41) is 5.49. The molecule has 0 N–H and O–H groups in total. The van der Waals surface area contributed by atoms with Crippen LogP contribution in [0.15, 0.2) is 140 Å². The van der Waals surface area contributed by atoms with Crippen molar-refractivity contribution in [3.05, 3.63) is 162 Å². The van der Waals surface area contributed by atoms with E-state index in [1.165, 1.54) is 18.2 Å². The molecule has 7 rings (SSSR count). The molecule has 0 heterocycles. The van der Waals surface area contributed by atoms with Crippen LogP contribution in [0, 0.1) is 13.8 Å². The minimum atomic E-state index is -4.51. The van der Waals surface area contributed by atoms with Crippen LogP contribution in [0.25, 0.3) is 71.3 Å². The standard InChI is InChI=1S/C46H34F6/c1-5-6-30(16-11-29(4)45(47,48)49)39-25-42(33-17-19-34(20-18-33)46(50,51)52)38-24-23-37-41(32-14-9-28(3)10-15-32)26-40(31-12-7-27(2)8-13-31)36-22-21-35(39)43(38)44(36)37/h5,7-26H,1,6H2,2-4H3/b29-11+,30-16+. The van der Waals surface area contributed by atoms with Crippen molar-refractivity contribution in [2.45, 2.75) is 39.5 Å². The highest BCUT2D eigenvalue weighted by Crippen LogP contribution is 2.48. The van der Waals surface area contributed by atoms with Gasteiger partial charge in [0.2, 0.25) is 0 Å². The van der Waals surface area contributed by atoms with Crippen molar-refractivity contribution in [2.24, 2.45) is 0 Å². The van der Waals surface area contributed by atoms with Crippen molar-refractivity contribution in [3.63, 3.8) is 0 Å². The van der Waals surface area contributed by atoms with E-state index in [-0.39, 0.29) is 6.42 Å². The maximum Gasteiger partial charge on any atom is 0.416 e. The molecule has 0 amide bonds. The van der Waals surface area contributed by atoms with E-state index in [0.29, 0.717) is 22.3 Å². The lowest BCUT2D eigenvalue weighted by Crippen LogP contribution is -2.08. The molecule has 0 fully saturated rings. The topological polar surface area (TPSA) is 0 Å². The van der Waals surface area contributed by atoms with Gasteiger partial charge in [-0.25, -0.2) is 0 Å². The van der Waals surface area contributed by atoms with Crippen molar-refractivity contribution in [2.75, 3.05) is 0 Å². The number of rotatable bonds is 7. The Bertz CT molecular complexity index is 2440. The van der Waals surface area contributed by atoms with E-state index < -0.39 is 23.5 Å². The summed E-state index contributed by atoms with van der Waals surface area (Å²) in [5.74, 6) is 0. The molecule has 0 nitrogen and oxygen atoms in total. The van der Waals surface area contributed by atoms with Gasteiger partial charge in [-0.15, -0.1) is 6.58 Å². The third-order valence-electron chi connectivity index (χ3n) is 9.84. The van der Waals surface area contributed by atoms with E-state index in [0.717, 1.165) is 90.8 Å². The molecular weight excluding hydrogens is 666 g/mol. The molecule has 0 radical (unpaired) electrons. The van der Waals surface area contributed by atoms with E-state index >= 15 is 0 Å². The number of aryl methyl sites for hydroxylation is 2. The summed E-state index contributed by atoms with van der Waals surface area (Å²) in [6, 6.07) is 34.0. The molecule has 7 aromatic rings. The average Bonchev–Trinajstić information content (AvgIpc) is 3.12. The molecule has 7 aromatic carbocycles. The molecular formula is C46H34F6. The van der Waals surface area contributed by atoms with Crippen LogP contribution in [0.1, 0.15) is 35.6 Å². The van der Waals surface area contributed by atoms with Crippen molar-refractivity contribution >= 4 is 37.9 Å². The van der Waals surface area contributed by atoms with E-state index in [1.807, 2.05) is 32.0 Å². The Hall–Kier alpha value is -5.62. The second kappa shape index (κ2) is 13.2. The second-order valence-electron chi connectivity index (χ2n) is 13.4. The third-order valence-corrected chi connectivity index (χ3v) is 9.84. The lowest BCUT2D eigenvalue weighted by Gasteiger charge is -2.22. The first-order valence-electron chi connectivity index (χ1n) is 16.9. The Labute approximate surface area is 298 Å². The van der Waals surface area contributed by atoms with Crippen molar-refractivity contribution < 1.29 is 26.3 Å². The van der Waals surface area contributed by atoms with Gasteiger partial charge < -0.3 is 0 Å². The molecule has 0 unspecified atom stereocenters. The Morgan fingerprint density at radius 2 is 0.981 bits per heavy atom. The van der Waals surface area contributed by atoms with E-state index in [4.69, 9.17) is 0 Å². The van der Waals surface area contributed by atoms with Crippen molar-refractivity contribution in [1.29, 1.82) is 0 Å². The second-order valence-corrected chi connectivity index (χ2v) is 13.4. The Kier molecular flexibility index (Phi) is 8.82. The number of allylic oxidation sites excluding steroid dienone is 5. The molecule has 6 heteroatoms. The predicted octanol–water partition coefficient (Wildman–Crippen LogP) is 14.7. The van der Waals surface area contributed by atoms with Crippen molar-refractivity contribution in [3.8, 4) is 33.4 Å². The van der Waals surface area contributed by atoms with E-state index in [1.54, 1.807) is 6.08 Å². The van der Waals surface area contributed by atoms with Crippen LogP contribution in [-0.4, -0.2) is 6.18 Å². The minimum absolute atomic E-state index is 0.265. The Morgan fingerprint density at radius 3 is 1.42 bits per heavy atom. The third kappa shape index (κ3) is 6.38. The van der Waals surface area contributed by atoms with Crippen LogP contribution in [-0.2, 0) is 6.18 Å². The number of halogens is 6. The normalized spacial score (nSPS) is 13.1. The molecule has 0 aliphatic rings. The Morgan fingerprint density at radius 1 is 0.558 bits per heavy atom. The molecule has 0 bridgehead atoms. The first-order chi connectivity index (χ1) is 24.7. The predicted molar refractivity (Wildman–Crippen MR) is 204 cm³/mol. The fourth-order valence-corrected chi connectivity index (χ4v) is 7.02. The first kappa shape index (κ1) is 34.8. The molecule has 0 spiro atoms. The zero-order chi connectivity index (χ0) is 36.9.